The molecule has 2 aromatic rings. The molecule has 0 bridgehead atoms. The third-order valence-electron chi connectivity index (χ3n) is 2.69. The van der Waals surface area contributed by atoms with Crippen LogP contribution in [-0.4, -0.2) is 13.4 Å². The molecule has 0 aliphatic rings. The lowest BCUT2D eigenvalue weighted by Crippen LogP contribution is -1.89. The second-order valence-electron chi connectivity index (χ2n) is 3.88. The van der Waals surface area contributed by atoms with Gasteiger partial charge in [0, 0.05) is 15.4 Å². The second-order valence-corrected chi connectivity index (χ2v) is 5.00. The largest absolute Gasteiger partial charge is 0.497 e. The van der Waals surface area contributed by atoms with Crippen LogP contribution >= 0.6 is 11.8 Å². The van der Waals surface area contributed by atoms with E-state index in [4.69, 9.17) is 4.74 Å². The molecule has 0 atom stereocenters. The maximum absolute atomic E-state index is 11.1. The Kier molecular flexibility index (Phi) is 4.05. The van der Waals surface area contributed by atoms with Crippen molar-refractivity contribution < 1.29 is 9.53 Å². The molecular weight excluding hydrogens is 244 g/mol. The minimum atomic E-state index is 0.762. The normalized spacial score (nSPS) is 10.1. The molecule has 0 fully saturated rings. The van der Waals surface area contributed by atoms with Gasteiger partial charge < -0.3 is 4.74 Å². The number of hydrogen-bond donors (Lipinski definition) is 0. The van der Waals surface area contributed by atoms with Crippen LogP contribution in [-0.2, 0) is 0 Å². The van der Waals surface area contributed by atoms with E-state index in [1.807, 2.05) is 49.4 Å². The molecule has 2 nitrogen and oxygen atoms in total. The third kappa shape index (κ3) is 2.74. The highest BCUT2D eigenvalue weighted by atomic mass is 32.2. The number of hydrogen-bond acceptors (Lipinski definition) is 3. The average molecular weight is 258 g/mol. The van der Waals surface area contributed by atoms with Crippen LogP contribution < -0.4 is 4.74 Å². The molecule has 0 saturated heterocycles. The zero-order chi connectivity index (χ0) is 13.0. The van der Waals surface area contributed by atoms with E-state index >= 15 is 0 Å². The van der Waals surface area contributed by atoms with Crippen LogP contribution in [0.5, 0.6) is 5.75 Å². The van der Waals surface area contributed by atoms with E-state index in [2.05, 4.69) is 0 Å². The Hall–Kier alpha value is -1.74. The predicted octanol–water partition coefficient (Wildman–Crippen LogP) is 3.97. The van der Waals surface area contributed by atoms with Gasteiger partial charge in [0.2, 0.25) is 0 Å². The molecule has 0 unspecified atom stereocenters. The fourth-order valence-electron chi connectivity index (χ4n) is 1.66. The minimum absolute atomic E-state index is 0.762. The summed E-state index contributed by atoms with van der Waals surface area (Å²) in [5.41, 5.74) is 1.77. The molecule has 18 heavy (non-hydrogen) atoms. The maximum atomic E-state index is 11.1. The van der Waals surface area contributed by atoms with E-state index < -0.39 is 0 Å². The molecule has 0 saturated carbocycles. The summed E-state index contributed by atoms with van der Waals surface area (Å²) in [6.07, 6.45) is 0.918. The standard InChI is InChI=1S/C15H14O2S/c1-11-4-3-5-15(14(11)10-16)18-13-8-6-12(17-2)7-9-13/h3-10H,1-2H3. The van der Waals surface area contributed by atoms with E-state index in [1.165, 1.54) is 0 Å². The van der Waals surface area contributed by atoms with Gasteiger partial charge >= 0.3 is 0 Å². The van der Waals surface area contributed by atoms with Crippen molar-refractivity contribution in [2.24, 2.45) is 0 Å². The first-order valence-electron chi connectivity index (χ1n) is 5.61. The van der Waals surface area contributed by atoms with Crippen LogP contribution in [0, 0.1) is 6.92 Å². The van der Waals surface area contributed by atoms with E-state index in [0.717, 1.165) is 33.0 Å². The fraction of sp³-hybridized carbons (Fsp3) is 0.133. The smallest absolute Gasteiger partial charge is 0.151 e. The van der Waals surface area contributed by atoms with Crippen LogP contribution in [0.15, 0.2) is 52.3 Å². The van der Waals surface area contributed by atoms with Crippen molar-refractivity contribution in [3.63, 3.8) is 0 Å². The van der Waals surface area contributed by atoms with Gasteiger partial charge in [-0.15, -0.1) is 0 Å². The highest BCUT2D eigenvalue weighted by molar-refractivity contribution is 7.99. The molecule has 0 spiro atoms. The number of methoxy groups -OCH3 is 1. The SMILES string of the molecule is COc1ccc(Sc2cccc(C)c2C=O)cc1. The first-order chi connectivity index (χ1) is 8.74. The van der Waals surface area contributed by atoms with E-state index in [9.17, 15) is 4.79 Å². The van der Waals surface area contributed by atoms with Crippen LogP contribution in [0.25, 0.3) is 0 Å². The summed E-state index contributed by atoms with van der Waals surface area (Å²) >= 11 is 1.59. The van der Waals surface area contributed by atoms with Gasteiger partial charge in [0.25, 0.3) is 0 Å². The average Bonchev–Trinajstić information content (AvgIpc) is 2.40. The Balaban J connectivity index is 2.28. The van der Waals surface area contributed by atoms with Crippen LogP contribution in [0.3, 0.4) is 0 Å². The lowest BCUT2D eigenvalue weighted by molar-refractivity contribution is 0.112. The number of aldehydes is 1. The number of carbonyl (C=O) groups excluding carboxylic acids is 1. The van der Waals surface area contributed by atoms with Gasteiger partial charge in [-0.1, -0.05) is 23.9 Å². The summed E-state index contributed by atoms with van der Waals surface area (Å²) < 4.78 is 5.12. The number of ether oxygens (including phenoxy) is 1. The van der Waals surface area contributed by atoms with E-state index in [-0.39, 0.29) is 0 Å². The van der Waals surface area contributed by atoms with Gasteiger partial charge in [0.1, 0.15) is 5.75 Å². The molecule has 0 N–H and O–H groups in total. The van der Waals surface area contributed by atoms with Gasteiger partial charge in [-0.2, -0.15) is 0 Å². The molecule has 0 amide bonds. The Morgan fingerprint density at radius 1 is 1.11 bits per heavy atom. The maximum Gasteiger partial charge on any atom is 0.151 e. The molecule has 0 aromatic heterocycles. The summed E-state index contributed by atoms with van der Waals surface area (Å²) in [7, 11) is 1.65. The Morgan fingerprint density at radius 3 is 2.44 bits per heavy atom. The van der Waals surface area contributed by atoms with Gasteiger partial charge in [0.15, 0.2) is 6.29 Å². The van der Waals surface area contributed by atoms with Crippen LogP contribution in [0.2, 0.25) is 0 Å². The lowest BCUT2D eigenvalue weighted by Gasteiger charge is -2.07. The molecule has 0 aliphatic carbocycles. The first-order valence-corrected chi connectivity index (χ1v) is 6.43. The number of rotatable bonds is 4. The summed E-state index contributed by atoms with van der Waals surface area (Å²) in [5, 5.41) is 0. The number of carbonyl (C=O) groups is 1. The van der Waals surface area contributed by atoms with Crippen molar-refractivity contribution in [1.29, 1.82) is 0 Å². The first kappa shape index (κ1) is 12.7. The van der Waals surface area contributed by atoms with Crippen molar-refractivity contribution in [3.8, 4) is 5.75 Å². The summed E-state index contributed by atoms with van der Waals surface area (Å²) in [6, 6.07) is 13.7. The zero-order valence-electron chi connectivity index (χ0n) is 10.3. The van der Waals surface area contributed by atoms with Gasteiger partial charge in [-0.05, 0) is 42.8 Å². The highest BCUT2D eigenvalue weighted by Crippen LogP contribution is 2.31. The molecule has 0 radical (unpaired) electrons. The number of benzene rings is 2. The molecule has 0 aliphatic heterocycles. The molecule has 0 heterocycles. The topological polar surface area (TPSA) is 26.3 Å². The van der Waals surface area contributed by atoms with Gasteiger partial charge in [-0.25, -0.2) is 0 Å². The number of aryl methyl sites for hydroxylation is 1. The molecule has 3 heteroatoms. The predicted molar refractivity (Wildman–Crippen MR) is 73.7 cm³/mol. The second kappa shape index (κ2) is 5.74. The Labute approximate surface area is 111 Å². The highest BCUT2D eigenvalue weighted by Gasteiger charge is 2.06. The summed E-state index contributed by atoms with van der Waals surface area (Å²) in [4.78, 5) is 13.2. The Morgan fingerprint density at radius 2 is 1.83 bits per heavy atom. The monoisotopic (exact) mass is 258 g/mol. The lowest BCUT2D eigenvalue weighted by atomic mass is 10.1. The van der Waals surface area contributed by atoms with Crippen molar-refractivity contribution in [1.82, 2.24) is 0 Å². The van der Waals surface area contributed by atoms with Crippen molar-refractivity contribution in [2.75, 3.05) is 7.11 Å². The fourth-order valence-corrected chi connectivity index (χ4v) is 2.66. The van der Waals surface area contributed by atoms with Crippen LogP contribution in [0.4, 0.5) is 0 Å². The van der Waals surface area contributed by atoms with E-state index in [1.54, 1.807) is 18.9 Å². The van der Waals surface area contributed by atoms with Crippen molar-refractivity contribution >= 4 is 18.0 Å². The van der Waals surface area contributed by atoms with E-state index in [0.29, 0.717) is 0 Å². The van der Waals surface area contributed by atoms with Crippen molar-refractivity contribution in [3.05, 3.63) is 53.6 Å². The molecule has 92 valence electrons. The van der Waals surface area contributed by atoms with Gasteiger partial charge in [0.05, 0.1) is 7.11 Å². The van der Waals surface area contributed by atoms with Gasteiger partial charge in [-0.3, -0.25) is 4.79 Å². The summed E-state index contributed by atoms with van der Waals surface area (Å²) in [6.45, 7) is 1.95. The van der Waals surface area contributed by atoms with Crippen molar-refractivity contribution in [2.45, 2.75) is 16.7 Å². The Bertz CT molecular complexity index is 547. The third-order valence-corrected chi connectivity index (χ3v) is 3.77. The molecular formula is C15H14O2S. The minimum Gasteiger partial charge on any atom is -0.497 e. The van der Waals surface area contributed by atoms with Crippen LogP contribution in [0.1, 0.15) is 15.9 Å². The molecule has 2 rings (SSSR count). The zero-order valence-corrected chi connectivity index (χ0v) is 11.2. The quantitative estimate of drug-likeness (QED) is 0.776. The molecule has 2 aromatic carbocycles. The summed E-state index contributed by atoms with van der Waals surface area (Å²) in [5.74, 6) is 0.833.